The third kappa shape index (κ3) is 4.51. The molecule has 0 unspecified atom stereocenters. The Morgan fingerprint density at radius 3 is 2.59 bits per heavy atom. The van der Waals surface area contributed by atoms with Gasteiger partial charge in [-0.3, -0.25) is 4.57 Å². The van der Waals surface area contributed by atoms with Crippen LogP contribution in [0.1, 0.15) is 5.56 Å². The molecule has 0 atom stereocenters. The van der Waals surface area contributed by atoms with Crippen molar-refractivity contribution in [3.63, 3.8) is 0 Å². The van der Waals surface area contributed by atoms with Gasteiger partial charge in [0.25, 0.3) is 0 Å². The van der Waals surface area contributed by atoms with E-state index in [9.17, 15) is 13.2 Å². The number of nitrogens with zero attached hydrogens (tertiary/aromatic N) is 3. The third-order valence-corrected chi connectivity index (χ3v) is 4.70. The van der Waals surface area contributed by atoms with Crippen molar-refractivity contribution >= 4 is 11.8 Å². The van der Waals surface area contributed by atoms with Gasteiger partial charge in [0.1, 0.15) is 11.6 Å². The van der Waals surface area contributed by atoms with E-state index in [0.29, 0.717) is 34.4 Å². The Hall–Kier alpha value is -2.74. The predicted molar refractivity (Wildman–Crippen MR) is 98.2 cm³/mol. The molecule has 0 N–H and O–H groups in total. The lowest BCUT2D eigenvalue weighted by Gasteiger charge is -2.11. The van der Waals surface area contributed by atoms with Gasteiger partial charge in [0.2, 0.25) is 0 Å². The summed E-state index contributed by atoms with van der Waals surface area (Å²) in [7, 11) is 0. The van der Waals surface area contributed by atoms with Crippen LogP contribution in [0.4, 0.5) is 13.2 Å². The van der Waals surface area contributed by atoms with Crippen LogP contribution in [0.25, 0.3) is 11.4 Å². The zero-order chi connectivity index (χ0) is 19.2. The quantitative estimate of drug-likeness (QED) is 0.393. The summed E-state index contributed by atoms with van der Waals surface area (Å²) < 4.78 is 45.5. The first-order valence-electron chi connectivity index (χ1n) is 8.04. The number of thioether (sulfide) groups is 1. The van der Waals surface area contributed by atoms with E-state index in [4.69, 9.17) is 0 Å². The second-order valence-corrected chi connectivity index (χ2v) is 6.40. The van der Waals surface area contributed by atoms with Crippen LogP contribution in [-0.4, -0.2) is 21.4 Å². The molecule has 0 amide bonds. The summed E-state index contributed by atoms with van der Waals surface area (Å²) in [4.78, 5) is 0. The molecule has 27 heavy (non-hydrogen) atoms. The van der Waals surface area contributed by atoms with Crippen molar-refractivity contribution in [3.05, 3.63) is 72.6 Å². The third-order valence-electron chi connectivity index (χ3n) is 3.69. The van der Waals surface area contributed by atoms with Gasteiger partial charge in [-0.1, -0.05) is 48.2 Å². The summed E-state index contributed by atoms with van der Waals surface area (Å²) in [6, 6.07) is 12.9. The average Bonchev–Trinajstić information content (AvgIpc) is 3.04. The predicted octanol–water partition coefficient (Wildman–Crippen LogP) is 5.16. The topological polar surface area (TPSA) is 39.9 Å². The Labute approximate surface area is 158 Å². The van der Waals surface area contributed by atoms with Crippen LogP contribution in [0.15, 0.2) is 66.3 Å². The van der Waals surface area contributed by atoms with Crippen LogP contribution in [-0.2, 0) is 12.3 Å². The van der Waals surface area contributed by atoms with Crippen molar-refractivity contribution in [3.8, 4) is 17.1 Å². The molecule has 2 aromatic carbocycles. The summed E-state index contributed by atoms with van der Waals surface area (Å²) in [5.41, 5.74) is 0.934. The van der Waals surface area contributed by atoms with Gasteiger partial charge in [-0.05, 0) is 18.2 Å². The maximum absolute atomic E-state index is 14.1. The van der Waals surface area contributed by atoms with Crippen LogP contribution in [0.2, 0.25) is 0 Å². The number of hydrogen-bond acceptors (Lipinski definition) is 4. The van der Waals surface area contributed by atoms with Crippen molar-refractivity contribution < 1.29 is 17.9 Å². The van der Waals surface area contributed by atoms with Gasteiger partial charge in [-0.25, -0.2) is 4.39 Å². The van der Waals surface area contributed by atoms with Crippen LogP contribution >= 0.6 is 11.8 Å². The first kappa shape index (κ1) is 19.0. The number of allylic oxidation sites excluding steroid dienone is 1. The van der Waals surface area contributed by atoms with E-state index in [1.54, 1.807) is 47.0 Å². The highest BCUT2D eigenvalue weighted by Crippen LogP contribution is 2.31. The van der Waals surface area contributed by atoms with Crippen molar-refractivity contribution in [2.24, 2.45) is 0 Å². The summed E-state index contributed by atoms with van der Waals surface area (Å²) in [6.07, 6.45) is 1.66. The molecule has 3 aromatic rings. The minimum atomic E-state index is -2.90. The van der Waals surface area contributed by atoms with Crippen molar-refractivity contribution in [2.75, 3.05) is 0 Å². The lowest BCUT2D eigenvalue weighted by Crippen LogP contribution is -2.04. The van der Waals surface area contributed by atoms with E-state index in [0.717, 1.165) is 0 Å². The normalized spacial score (nSPS) is 11.0. The molecule has 0 aliphatic rings. The largest absolute Gasteiger partial charge is 0.435 e. The maximum Gasteiger partial charge on any atom is 0.387 e. The fourth-order valence-electron chi connectivity index (χ4n) is 2.51. The van der Waals surface area contributed by atoms with E-state index >= 15 is 0 Å². The monoisotopic (exact) mass is 391 g/mol. The molecule has 8 heteroatoms. The SMILES string of the molecule is C=CCn1c(SCc2ccccc2OC(F)F)nnc1-c1ccccc1F. The van der Waals surface area contributed by atoms with Gasteiger partial charge in [0.15, 0.2) is 11.0 Å². The number of rotatable bonds is 8. The van der Waals surface area contributed by atoms with E-state index < -0.39 is 12.4 Å². The molecular weight excluding hydrogens is 375 g/mol. The highest BCUT2D eigenvalue weighted by atomic mass is 32.2. The first-order valence-corrected chi connectivity index (χ1v) is 9.03. The second-order valence-electron chi connectivity index (χ2n) is 5.46. The van der Waals surface area contributed by atoms with Gasteiger partial charge < -0.3 is 4.74 Å². The van der Waals surface area contributed by atoms with E-state index in [1.807, 2.05) is 0 Å². The molecule has 0 aliphatic heterocycles. The van der Waals surface area contributed by atoms with Gasteiger partial charge in [-0.15, -0.1) is 16.8 Å². The molecule has 0 bridgehead atoms. The second kappa shape index (κ2) is 8.77. The Kier molecular flexibility index (Phi) is 6.18. The molecule has 0 fully saturated rings. The summed E-state index contributed by atoms with van der Waals surface area (Å²) >= 11 is 1.30. The van der Waals surface area contributed by atoms with Crippen molar-refractivity contribution in [2.45, 2.75) is 24.1 Å². The number of halogens is 3. The minimum absolute atomic E-state index is 0.115. The number of para-hydroxylation sites is 1. The molecule has 4 nitrogen and oxygen atoms in total. The Bertz CT molecular complexity index is 930. The average molecular weight is 391 g/mol. The molecule has 1 heterocycles. The Balaban J connectivity index is 1.86. The zero-order valence-electron chi connectivity index (χ0n) is 14.2. The number of benzene rings is 2. The minimum Gasteiger partial charge on any atom is -0.435 e. The first-order chi connectivity index (χ1) is 13.1. The molecule has 3 rings (SSSR count). The standard InChI is InChI=1S/C19H16F3N3OS/c1-2-11-25-17(14-8-4-5-9-15(14)20)23-24-19(25)27-12-13-7-3-6-10-16(13)26-18(21)22/h2-10,18H,1,11-12H2. The fourth-order valence-corrected chi connectivity index (χ4v) is 3.45. The molecule has 0 saturated heterocycles. The number of aromatic nitrogens is 3. The number of ether oxygens (including phenoxy) is 1. The van der Waals surface area contributed by atoms with Gasteiger partial charge in [-0.2, -0.15) is 8.78 Å². The summed E-state index contributed by atoms with van der Waals surface area (Å²) in [6.45, 7) is 1.20. The van der Waals surface area contributed by atoms with E-state index in [-0.39, 0.29) is 5.75 Å². The molecular formula is C19H16F3N3OS. The van der Waals surface area contributed by atoms with E-state index in [1.165, 1.54) is 23.9 Å². The molecule has 0 saturated carbocycles. The van der Waals surface area contributed by atoms with Crippen LogP contribution in [0.5, 0.6) is 5.75 Å². The van der Waals surface area contributed by atoms with Gasteiger partial charge >= 0.3 is 6.61 Å². The Morgan fingerprint density at radius 2 is 1.85 bits per heavy atom. The smallest absolute Gasteiger partial charge is 0.387 e. The van der Waals surface area contributed by atoms with Crippen molar-refractivity contribution in [1.29, 1.82) is 0 Å². The maximum atomic E-state index is 14.1. The zero-order valence-corrected chi connectivity index (χ0v) is 15.0. The molecule has 0 spiro atoms. The van der Waals surface area contributed by atoms with Crippen LogP contribution in [0, 0.1) is 5.82 Å². The van der Waals surface area contributed by atoms with Crippen molar-refractivity contribution in [1.82, 2.24) is 14.8 Å². The summed E-state index contributed by atoms with van der Waals surface area (Å²) in [5, 5.41) is 8.76. The van der Waals surface area contributed by atoms with Crippen LogP contribution in [0.3, 0.4) is 0 Å². The number of hydrogen-bond donors (Lipinski definition) is 0. The van der Waals surface area contributed by atoms with Gasteiger partial charge in [0.05, 0.1) is 5.56 Å². The molecule has 140 valence electrons. The van der Waals surface area contributed by atoms with Gasteiger partial charge in [0, 0.05) is 17.9 Å². The molecule has 1 aromatic heterocycles. The van der Waals surface area contributed by atoms with Crippen LogP contribution < -0.4 is 4.74 Å². The summed E-state index contributed by atoms with van der Waals surface area (Å²) in [5.74, 6) is 0.439. The lowest BCUT2D eigenvalue weighted by atomic mass is 10.2. The fraction of sp³-hybridized carbons (Fsp3) is 0.158. The number of alkyl halides is 2. The molecule has 0 aliphatic carbocycles. The van der Waals surface area contributed by atoms with E-state index in [2.05, 4.69) is 21.5 Å². The molecule has 0 radical (unpaired) electrons. The highest BCUT2D eigenvalue weighted by Gasteiger charge is 2.17. The lowest BCUT2D eigenvalue weighted by molar-refractivity contribution is -0.0503. The highest BCUT2D eigenvalue weighted by molar-refractivity contribution is 7.98. The Morgan fingerprint density at radius 1 is 1.11 bits per heavy atom.